The molecule has 0 radical (unpaired) electrons. The Hall–Kier alpha value is -5.24. The van der Waals surface area contributed by atoms with Gasteiger partial charge in [-0.2, -0.15) is 0 Å². The molecule has 7 nitrogen and oxygen atoms in total. The zero-order valence-corrected chi connectivity index (χ0v) is 24.3. The van der Waals surface area contributed by atoms with Gasteiger partial charge < -0.3 is 9.47 Å². The van der Waals surface area contributed by atoms with Crippen molar-refractivity contribution in [3.63, 3.8) is 0 Å². The quantitative estimate of drug-likeness (QED) is 0.0982. The molecule has 6 rings (SSSR count). The van der Waals surface area contributed by atoms with Gasteiger partial charge in [0, 0.05) is 21.2 Å². The number of carbonyl (C=O) groups excluding carboxylic acids is 4. The van der Waals surface area contributed by atoms with Crippen molar-refractivity contribution in [2.45, 2.75) is 6.10 Å². The van der Waals surface area contributed by atoms with E-state index < -0.39 is 29.7 Å². The number of imide groups is 1. The monoisotopic (exact) mass is 621 g/mol. The molecule has 44 heavy (non-hydrogen) atoms. The number of ether oxygens (including phenoxy) is 2. The summed E-state index contributed by atoms with van der Waals surface area (Å²) in [6.07, 6.45) is -1.27. The van der Waals surface area contributed by atoms with Crippen LogP contribution >= 0.6 is 23.2 Å². The number of hydrogen-bond donors (Lipinski definition) is 0. The molecule has 0 aliphatic carbocycles. The van der Waals surface area contributed by atoms with Crippen molar-refractivity contribution >= 4 is 52.5 Å². The molecule has 5 aromatic carbocycles. The van der Waals surface area contributed by atoms with E-state index in [2.05, 4.69) is 0 Å². The lowest BCUT2D eigenvalue weighted by atomic mass is 9.99. The zero-order valence-electron chi connectivity index (χ0n) is 22.8. The van der Waals surface area contributed by atoms with Gasteiger partial charge in [-0.15, -0.1) is 0 Å². The summed E-state index contributed by atoms with van der Waals surface area (Å²) in [6, 6.07) is 32.1. The molecule has 0 fully saturated rings. The molecule has 0 saturated carbocycles. The Bertz CT molecular complexity index is 1910. The van der Waals surface area contributed by atoms with Crippen LogP contribution in [-0.4, -0.2) is 23.6 Å². The van der Waals surface area contributed by atoms with Gasteiger partial charge in [0.05, 0.1) is 22.4 Å². The molecule has 1 heterocycles. The molecule has 1 atom stereocenters. The molecule has 0 spiro atoms. The average molecular weight is 622 g/mol. The largest absolute Gasteiger partial charge is 0.457 e. The summed E-state index contributed by atoms with van der Waals surface area (Å²) in [6.45, 7) is 0. The van der Waals surface area contributed by atoms with Crippen molar-refractivity contribution in [2.75, 3.05) is 4.90 Å². The highest BCUT2D eigenvalue weighted by molar-refractivity contribution is 6.35. The highest BCUT2D eigenvalue weighted by atomic mass is 35.5. The number of nitrogens with zero attached hydrogens (tertiary/aromatic N) is 1. The molecule has 0 saturated heterocycles. The highest BCUT2D eigenvalue weighted by Crippen LogP contribution is 2.37. The summed E-state index contributed by atoms with van der Waals surface area (Å²) in [5.41, 5.74) is 1.23. The third-order valence-electron chi connectivity index (χ3n) is 6.95. The van der Waals surface area contributed by atoms with Gasteiger partial charge in [0.2, 0.25) is 5.78 Å². The Morgan fingerprint density at radius 2 is 1.30 bits per heavy atom. The summed E-state index contributed by atoms with van der Waals surface area (Å²) in [5, 5.41) is 0.983. The first kappa shape index (κ1) is 28.9. The van der Waals surface area contributed by atoms with Crippen LogP contribution in [0.4, 0.5) is 5.69 Å². The number of ketones is 1. The van der Waals surface area contributed by atoms with E-state index in [1.807, 2.05) is 0 Å². The van der Waals surface area contributed by atoms with Crippen LogP contribution in [0.15, 0.2) is 121 Å². The number of anilines is 1. The summed E-state index contributed by atoms with van der Waals surface area (Å²) in [7, 11) is 0. The van der Waals surface area contributed by atoms with Crippen LogP contribution in [0.2, 0.25) is 10.0 Å². The van der Waals surface area contributed by atoms with Crippen LogP contribution in [-0.2, 0) is 4.74 Å². The molecule has 0 bridgehead atoms. The molecule has 5 aromatic rings. The lowest BCUT2D eigenvalue weighted by Crippen LogP contribution is -2.29. The number of amides is 2. The van der Waals surface area contributed by atoms with Gasteiger partial charge in [-0.3, -0.25) is 14.4 Å². The molecular formula is C35H21Cl2NO6. The Kier molecular flexibility index (Phi) is 7.98. The van der Waals surface area contributed by atoms with Crippen LogP contribution < -0.4 is 9.64 Å². The standard InChI is InChI=1S/C35H21Cl2NO6/c36-24-14-12-22(13-15-24)32(31(39)21-6-2-1-3-7-21)44-35(42)23-8-4-9-26(20-23)38-33(40)28-10-5-11-29(30(28)34(38)41)43-27-18-16-25(37)17-19-27/h1-20,32H/t32-/m1/s1. The maximum Gasteiger partial charge on any atom is 0.339 e. The van der Waals surface area contributed by atoms with Gasteiger partial charge in [-0.05, 0) is 66.7 Å². The molecule has 0 aromatic heterocycles. The summed E-state index contributed by atoms with van der Waals surface area (Å²) in [4.78, 5) is 54.9. The Balaban J connectivity index is 1.28. The lowest BCUT2D eigenvalue weighted by molar-refractivity contribution is 0.0280. The number of esters is 1. The second kappa shape index (κ2) is 12.2. The predicted octanol–water partition coefficient (Wildman–Crippen LogP) is 8.37. The number of carbonyl (C=O) groups is 4. The Morgan fingerprint density at radius 3 is 2.00 bits per heavy atom. The van der Waals surface area contributed by atoms with Crippen LogP contribution in [0.5, 0.6) is 11.5 Å². The summed E-state index contributed by atoms with van der Waals surface area (Å²) in [5.74, 6) is -1.79. The molecule has 0 N–H and O–H groups in total. The zero-order chi connectivity index (χ0) is 30.8. The topological polar surface area (TPSA) is 90.0 Å². The van der Waals surface area contributed by atoms with Crippen molar-refractivity contribution in [1.82, 2.24) is 0 Å². The second-order valence-corrected chi connectivity index (χ2v) is 10.7. The fraction of sp³-hybridized carbons (Fsp3) is 0.0286. The number of fused-ring (bicyclic) bond motifs is 1. The fourth-order valence-corrected chi connectivity index (χ4v) is 5.07. The summed E-state index contributed by atoms with van der Waals surface area (Å²) >= 11 is 12.0. The predicted molar refractivity (Wildman–Crippen MR) is 166 cm³/mol. The number of hydrogen-bond acceptors (Lipinski definition) is 6. The third kappa shape index (κ3) is 5.71. The van der Waals surface area contributed by atoms with Crippen molar-refractivity contribution in [3.05, 3.63) is 159 Å². The molecule has 1 aliphatic heterocycles. The maximum absolute atomic E-state index is 13.6. The van der Waals surface area contributed by atoms with Crippen molar-refractivity contribution in [3.8, 4) is 11.5 Å². The van der Waals surface area contributed by atoms with E-state index in [1.54, 1.807) is 91.0 Å². The van der Waals surface area contributed by atoms with E-state index in [1.165, 1.54) is 30.3 Å². The third-order valence-corrected chi connectivity index (χ3v) is 7.46. The van der Waals surface area contributed by atoms with Crippen molar-refractivity contribution in [1.29, 1.82) is 0 Å². The van der Waals surface area contributed by atoms with Gasteiger partial charge >= 0.3 is 5.97 Å². The van der Waals surface area contributed by atoms with Crippen LogP contribution in [0.1, 0.15) is 53.1 Å². The first-order valence-electron chi connectivity index (χ1n) is 13.4. The minimum atomic E-state index is -1.27. The molecule has 9 heteroatoms. The van der Waals surface area contributed by atoms with E-state index in [0.29, 0.717) is 26.9 Å². The SMILES string of the molecule is O=C(O[C@@H](C(=O)c1ccccc1)c1ccc(Cl)cc1)c1cccc(N2C(=O)c3cccc(Oc4ccc(Cl)cc4)c3C2=O)c1. The average Bonchev–Trinajstić information content (AvgIpc) is 3.31. The molecule has 2 amide bonds. The van der Waals surface area contributed by atoms with Gasteiger partial charge in [0.1, 0.15) is 11.5 Å². The van der Waals surface area contributed by atoms with Crippen LogP contribution in [0.25, 0.3) is 0 Å². The van der Waals surface area contributed by atoms with Gasteiger partial charge in [0.15, 0.2) is 6.10 Å². The number of Topliss-reactive ketones (excluding diaryl/α,β-unsaturated/α-hetero) is 1. The number of benzene rings is 5. The summed E-state index contributed by atoms with van der Waals surface area (Å²) < 4.78 is 11.7. The lowest BCUT2D eigenvalue weighted by Gasteiger charge is -2.19. The van der Waals surface area contributed by atoms with Crippen LogP contribution in [0.3, 0.4) is 0 Å². The number of halogens is 2. The fourth-order valence-electron chi connectivity index (χ4n) is 4.81. The van der Waals surface area contributed by atoms with Crippen molar-refractivity contribution < 1.29 is 28.7 Å². The second-order valence-electron chi connectivity index (χ2n) is 9.80. The van der Waals surface area contributed by atoms with Crippen LogP contribution in [0, 0.1) is 0 Å². The highest BCUT2D eigenvalue weighted by Gasteiger charge is 2.39. The van der Waals surface area contributed by atoms with E-state index in [-0.39, 0.29) is 28.1 Å². The van der Waals surface area contributed by atoms with Gasteiger partial charge in [-0.1, -0.05) is 77.8 Å². The van der Waals surface area contributed by atoms with Crippen molar-refractivity contribution in [2.24, 2.45) is 0 Å². The Morgan fingerprint density at radius 1 is 0.659 bits per heavy atom. The minimum absolute atomic E-state index is 0.0384. The smallest absolute Gasteiger partial charge is 0.339 e. The molecule has 1 aliphatic rings. The van der Waals surface area contributed by atoms with E-state index in [0.717, 1.165) is 4.90 Å². The van der Waals surface area contributed by atoms with E-state index in [4.69, 9.17) is 32.7 Å². The first-order valence-corrected chi connectivity index (χ1v) is 14.2. The maximum atomic E-state index is 13.6. The van der Waals surface area contributed by atoms with Gasteiger partial charge in [-0.25, -0.2) is 9.69 Å². The number of rotatable bonds is 8. The Labute approximate surface area is 262 Å². The molecule has 216 valence electrons. The van der Waals surface area contributed by atoms with E-state index >= 15 is 0 Å². The minimum Gasteiger partial charge on any atom is -0.457 e. The first-order chi connectivity index (χ1) is 21.3. The molecular weight excluding hydrogens is 601 g/mol. The van der Waals surface area contributed by atoms with E-state index in [9.17, 15) is 19.2 Å². The normalized spacial score (nSPS) is 12.9. The van der Waals surface area contributed by atoms with Gasteiger partial charge in [0.25, 0.3) is 11.8 Å². The molecule has 0 unspecified atom stereocenters.